The van der Waals surface area contributed by atoms with E-state index < -0.39 is 0 Å². The molecule has 6 nitrogen and oxygen atoms in total. The number of hydrogen-bond acceptors (Lipinski definition) is 6. The fourth-order valence-corrected chi connectivity index (χ4v) is 2.60. The molecule has 2 aromatic rings. The van der Waals surface area contributed by atoms with E-state index in [1.54, 1.807) is 17.5 Å². The fourth-order valence-electron chi connectivity index (χ4n) is 2.00. The Morgan fingerprint density at radius 3 is 2.85 bits per heavy atom. The van der Waals surface area contributed by atoms with E-state index in [2.05, 4.69) is 15.1 Å². The molecule has 20 heavy (non-hydrogen) atoms. The largest absolute Gasteiger partial charge is 0.409 e. The van der Waals surface area contributed by atoms with Crippen molar-refractivity contribution in [2.24, 2.45) is 10.9 Å². The van der Waals surface area contributed by atoms with Gasteiger partial charge in [-0.1, -0.05) is 5.16 Å². The molecular formula is C13H17N5OS. The summed E-state index contributed by atoms with van der Waals surface area (Å²) >= 11 is 1.61. The van der Waals surface area contributed by atoms with Crippen LogP contribution in [-0.2, 0) is 6.54 Å². The third-order valence-corrected chi connectivity index (χ3v) is 3.75. The molecule has 0 saturated carbocycles. The number of anilines is 1. The standard InChI is InChI=1S/C13H17N5OS/c1-8-4-5-15-13(11(8)12(14)17-19)18(3)6-10-7-20-9(2)16-10/h4-5,7,19H,6H2,1-3H3,(H2,14,17). The number of hydrogen-bond donors (Lipinski definition) is 2. The fraction of sp³-hybridized carbons (Fsp3) is 0.308. The van der Waals surface area contributed by atoms with Crippen molar-refractivity contribution in [1.82, 2.24) is 9.97 Å². The van der Waals surface area contributed by atoms with Crippen LogP contribution < -0.4 is 10.6 Å². The van der Waals surface area contributed by atoms with Crippen molar-refractivity contribution >= 4 is 23.0 Å². The number of rotatable bonds is 4. The van der Waals surface area contributed by atoms with Crippen LogP contribution in [0.15, 0.2) is 22.8 Å². The van der Waals surface area contributed by atoms with Crippen molar-refractivity contribution in [3.8, 4) is 0 Å². The molecule has 0 aliphatic heterocycles. The SMILES string of the molecule is Cc1nc(CN(C)c2nccc(C)c2/C(N)=N/O)cs1. The van der Waals surface area contributed by atoms with Crippen molar-refractivity contribution in [3.63, 3.8) is 0 Å². The molecule has 0 unspecified atom stereocenters. The summed E-state index contributed by atoms with van der Waals surface area (Å²) in [4.78, 5) is 10.7. The quantitative estimate of drug-likeness (QED) is 0.389. The Hall–Kier alpha value is -2.15. The molecule has 0 saturated heterocycles. The molecule has 0 aromatic carbocycles. The first-order valence-electron chi connectivity index (χ1n) is 6.08. The van der Waals surface area contributed by atoms with Crippen LogP contribution in [0.4, 0.5) is 5.82 Å². The van der Waals surface area contributed by atoms with E-state index in [0.29, 0.717) is 17.9 Å². The van der Waals surface area contributed by atoms with Crippen molar-refractivity contribution in [1.29, 1.82) is 0 Å². The third-order valence-electron chi connectivity index (χ3n) is 2.93. The van der Waals surface area contributed by atoms with Gasteiger partial charge in [0.2, 0.25) is 0 Å². The summed E-state index contributed by atoms with van der Waals surface area (Å²) < 4.78 is 0. The van der Waals surface area contributed by atoms with E-state index in [1.807, 2.05) is 37.2 Å². The smallest absolute Gasteiger partial charge is 0.174 e. The van der Waals surface area contributed by atoms with Crippen LogP contribution in [0.2, 0.25) is 0 Å². The summed E-state index contributed by atoms with van der Waals surface area (Å²) in [5.74, 6) is 0.734. The zero-order valence-electron chi connectivity index (χ0n) is 11.7. The van der Waals surface area contributed by atoms with E-state index in [1.165, 1.54) is 0 Å². The van der Waals surface area contributed by atoms with Gasteiger partial charge in [-0.3, -0.25) is 0 Å². The first-order valence-corrected chi connectivity index (χ1v) is 6.96. The van der Waals surface area contributed by atoms with Crippen LogP contribution in [0.1, 0.15) is 21.8 Å². The summed E-state index contributed by atoms with van der Waals surface area (Å²) in [6.07, 6.45) is 1.71. The molecule has 0 aliphatic carbocycles. The maximum atomic E-state index is 8.92. The van der Waals surface area contributed by atoms with E-state index in [-0.39, 0.29) is 5.84 Å². The summed E-state index contributed by atoms with van der Waals surface area (Å²) in [6.45, 7) is 4.49. The summed E-state index contributed by atoms with van der Waals surface area (Å²) in [5.41, 5.74) is 8.28. The Bertz CT molecular complexity index is 637. The molecule has 0 amide bonds. The minimum Gasteiger partial charge on any atom is -0.409 e. The number of amidine groups is 1. The minimum atomic E-state index is 0.0620. The number of aromatic nitrogens is 2. The molecular weight excluding hydrogens is 274 g/mol. The molecule has 3 N–H and O–H groups in total. The number of nitrogens with zero attached hydrogens (tertiary/aromatic N) is 4. The lowest BCUT2D eigenvalue weighted by Crippen LogP contribution is -2.25. The number of nitrogens with two attached hydrogens (primary N) is 1. The maximum absolute atomic E-state index is 8.92. The van der Waals surface area contributed by atoms with Gasteiger partial charge in [-0.05, 0) is 25.5 Å². The highest BCUT2D eigenvalue weighted by atomic mass is 32.1. The third kappa shape index (κ3) is 2.88. The second-order valence-corrected chi connectivity index (χ2v) is 5.59. The van der Waals surface area contributed by atoms with Crippen LogP contribution in [-0.4, -0.2) is 28.1 Å². The minimum absolute atomic E-state index is 0.0620. The van der Waals surface area contributed by atoms with E-state index >= 15 is 0 Å². The lowest BCUT2D eigenvalue weighted by Gasteiger charge is -2.20. The predicted molar refractivity (Wildman–Crippen MR) is 80.4 cm³/mol. The van der Waals surface area contributed by atoms with Crippen LogP contribution in [0.25, 0.3) is 0 Å². The molecule has 0 atom stereocenters. The van der Waals surface area contributed by atoms with Crippen molar-refractivity contribution in [2.75, 3.05) is 11.9 Å². The number of aryl methyl sites for hydroxylation is 2. The molecule has 0 aliphatic rings. The van der Waals surface area contributed by atoms with Crippen LogP contribution >= 0.6 is 11.3 Å². The Morgan fingerprint density at radius 2 is 2.25 bits per heavy atom. The van der Waals surface area contributed by atoms with Crippen LogP contribution in [0, 0.1) is 13.8 Å². The molecule has 0 radical (unpaired) electrons. The first kappa shape index (κ1) is 14.3. The van der Waals surface area contributed by atoms with Gasteiger partial charge in [0.1, 0.15) is 5.82 Å². The normalized spacial score (nSPS) is 11.7. The van der Waals surface area contributed by atoms with E-state index in [0.717, 1.165) is 16.3 Å². The zero-order valence-corrected chi connectivity index (χ0v) is 12.5. The highest BCUT2D eigenvalue weighted by molar-refractivity contribution is 7.09. The van der Waals surface area contributed by atoms with Crippen LogP contribution in [0.3, 0.4) is 0 Å². The number of pyridine rings is 1. The molecule has 0 fully saturated rings. The van der Waals surface area contributed by atoms with Gasteiger partial charge in [0.05, 0.1) is 22.8 Å². The van der Waals surface area contributed by atoms with Crippen molar-refractivity contribution in [2.45, 2.75) is 20.4 Å². The van der Waals surface area contributed by atoms with E-state index in [9.17, 15) is 0 Å². The molecule has 0 bridgehead atoms. The average molecular weight is 291 g/mol. The van der Waals surface area contributed by atoms with Gasteiger partial charge in [0.25, 0.3) is 0 Å². The molecule has 2 heterocycles. The highest BCUT2D eigenvalue weighted by Crippen LogP contribution is 2.21. The lowest BCUT2D eigenvalue weighted by molar-refractivity contribution is 0.318. The Labute approximate surface area is 121 Å². The average Bonchev–Trinajstić information content (AvgIpc) is 2.83. The second-order valence-electron chi connectivity index (χ2n) is 4.53. The molecule has 0 spiro atoms. The Balaban J connectivity index is 2.34. The molecule has 106 valence electrons. The van der Waals surface area contributed by atoms with Gasteiger partial charge in [-0.15, -0.1) is 11.3 Å². The highest BCUT2D eigenvalue weighted by Gasteiger charge is 2.16. The van der Waals surface area contributed by atoms with E-state index in [4.69, 9.17) is 10.9 Å². The van der Waals surface area contributed by atoms with Gasteiger partial charge in [-0.2, -0.15) is 0 Å². The van der Waals surface area contributed by atoms with Gasteiger partial charge in [0, 0.05) is 18.6 Å². The first-order chi connectivity index (χ1) is 9.52. The van der Waals surface area contributed by atoms with Crippen molar-refractivity contribution in [3.05, 3.63) is 39.5 Å². The van der Waals surface area contributed by atoms with Crippen molar-refractivity contribution < 1.29 is 5.21 Å². The van der Waals surface area contributed by atoms with Gasteiger partial charge in [-0.25, -0.2) is 9.97 Å². The molecule has 7 heteroatoms. The van der Waals surface area contributed by atoms with Gasteiger partial charge in [0.15, 0.2) is 5.84 Å². The summed E-state index contributed by atoms with van der Waals surface area (Å²) in [7, 11) is 1.91. The summed E-state index contributed by atoms with van der Waals surface area (Å²) in [5, 5.41) is 15.1. The Morgan fingerprint density at radius 1 is 1.50 bits per heavy atom. The molecule has 2 aromatic heterocycles. The topological polar surface area (TPSA) is 87.6 Å². The summed E-state index contributed by atoms with van der Waals surface area (Å²) in [6, 6.07) is 1.83. The Kier molecular flexibility index (Phi) is 4.19. The maximum Gasteiger partial charge on any atom is 0.174 e. The van der Waals surface area contributed by atoms with Gasteiger partial charge >= 0.3 is 0 Å². The zero-order chi connectivity index (χ0) is 14.7. The van der Waals surface area contributed by atoms with Gasteiger partial charge < -0.3 is 15.8 Å². The lowest BCUT2D eigenvalue weighted by atomic mass is 10.1. The second kappa shape index (κ2) is 5.87. The molecule has 2 rings (SSSR count). The number of oxime groups is 1. The predicted octanol–water partition coefficient (Wildman–Crippen LogP) is 1.89. The van der Waals surface area contributed by atoms with Crippen LogP contribution in [0.5, 0.6) is 0 Å². The monoisotopic (exact) mass is 291 g/mol. The number of thiazole rings is 1.